The van der Waals surface area contributed by atoms with Gasteiger partial charge in [-0.15, -0.1) is 11.8 Å². The third-order valence-corrected chi connectivity index (χ3v) is 4.55. The third kappa shape index (κ3) is 3.03. The number of nitrogens with zero attached hydrogens (tertiary/aromatic N) is 1. The zero-order valence-corrected chi connectivity index (χ0v) is 13.1. The highest BCUT2D eigenvalue weighted by molar-refractivity contribution is 8.00. The number of methoxy groups -OCH3 is 3. The van der Waals surface area contributed by atoms with Gasteiger partial charge < -0.3 is 24.2 Å². The van der Waals surface area contributed by atoms with Crippen molar-refractivity contribution in [3.05, 3.63) is 17.7 Å². The molecule has 1 N–H and O–H groups in total. The maximum Gasteiger partial charge on any atom is 0.233 e. The molecule has 0 spiro atoms. The lowest BCUT2D eigenvalue weighted by molar-refractivity contribution is -0.128. The van der Waals surface area contributed by atoms with Crippen LogP contribution in [0.25, 0.3) is 0 Å². The van der Waals surface area contributed by atoms with Crippen molar-refractivity contribution in [2.75, 3.05) is 40.2 Å². The standard InChI is InChI=1S/C14H19NO5S/c1-18-10-7-12(20-3)11(19-2)6-9(10)14-15(4-5-16)13(17)8-21-14/h6-7,14,16H,4-5,8H2,1-3H3. The zero-order valence-electron chi connectivity index (χ0n) is 12.3. The normalized spacial score (nSPS) is 18.0. The molecule has 0 radical (unpaired) electrons. The summed E-state index contributed by atoms with van der Waals surface area (Å²) < 4.78 is 16.0. The Kier molecular flexibility index (Phi) is 5.19. The van der Waals surface area contributed by atoms with E-state index in [1.165, 1.54) is 11.8 Å². The van der Waals surface area contributed by atoms with E-state index in [1.54, 1.807) is 32.3 Å². The molecule has 1 aliphatic rings. The Labute approximate surface area is 128 Å². The molecule has 0 saturated carbocycles. The highest BCUT2D eigenvalue weighted by atomic mass is 32.2. The van der Waals surface area contributed by atoms with E-state index in [0.29, 0.717) is 29.5 Å². The van der Waals surface area contributed by atoms with Crippen molar-refractivity contribution in [3.8, 4) is 17.2 Å². The maximum atomic E-state index is 11.9. The molecule has 6 nitrogen and oxygen atoms in total. The molecule has 1 heterocycles. The summed E-state index contributed by atoms with van der Waals surface area (Å²) in [5.41, 5.74) is 0.833. The Morgan fingerprint density at radius 1 is 1.19 bits per heavy atom. The van der Waals surface area contributed by atoms with Gasteiger partial charge in [0.1, 0.15) is 11.1 Å². The number of aliphatic hydroxyl groups excluding tert-OH is 1. The molecule has 7 heteroatoms. The molecule has 1 atom stereocenters. The smallest absolute Gasteiger partial charge is 0.233 e. The fourth-order valence-corrected chi connectivity index (χ4v) is 3.54. The molecule has 1 aliphatic heterocycles. The van der Waals surface area contributed by atoms with E-state index in [4.69, 9.17) is 19.3 Å². The summed E-state index contributed by atoms with van der Waals surface area (Å²) in [7, 11) is 4.69. The molecule has 1 aromatic rings. The molecule has 1 unspecified atom stereocenters. The van der Waals surface area contributed by atoms with Crippen LogP contribution in [-0.2, 0) is 4.79 Å². The molecule has 0 aliphatic carbocycles. The van der Waals surface area contributed by atoms with Gasteiger partial charge in [-0.2, -0.15) is 0 Å². The SMILES string of the molecule is COc1cc(OC)c(C2SCC(=O)N2CCO)cc1OC. The average Bonchev–Trinajstić information content (AvgIpc) is 2.87. The minimum absolute atomic E-state index is 0.0101. The molecular weight excluding hydrogens is 294 g/mol. The van der Waals surface area contributed by atoms with Crippen LogP contribution >= 0.6 is 11.8 Å². The quantitative estimate of drug-likeness (QED) is 0.853. The molecule has 1 aromatic carbocycles. The van der Waals surface area contributed by atoms with E-state index in [2.05, 4.69) is 0 Å². The largest absolute Gasteiger partial charge is 0.496 e. The van der Waals surface area contributed by atoms with Gasteiger partial charge >= 0.3 is 0 Å². The number of aliphatic hydroxyl groups is 1. The van der Waals surface area contributed by atoms with Crippen molar-refractivity contribution in [1.82, 2.24) is 4.90 Å². The summed E-state index contributed by atoms with van der Waals surface area (Å²) in [6, 6.07) is 3.56. The molecule has 21 heavy (non-hydrogen) atoms. The zero-order chi connectivity index (χ0) is 15.4. The fourth-order valence-electron chi connectivity index (χ4n) is 2.31. The lowest BCUT2D eigenvalue weighted by atomic mass is 10.1. The molecule has 1 saturated heterocycles. The predicted molar refractivity (Wildman–Crippen MR) is 80.1 cm³/mol. The number of amides is 1. The van der Waals surface area contributed by atoms with E-state index < -0.39 is 0 Å². The van der Waals surface area contributed by atoms with Crippen LogP contribution in [0.1, 0.15) is 10.9 Å². The van der Waals surface area contributed by atoms with Gasteiger partial charge in [0.25, 0.3) is 0 Å². The summed E-state index contributed by atoms with van der Waals surface area (Å²) in [5, 5.41) is 8.94. The summed E-state index contributed by atoms with van der Waals surface area (Å²) in [4.78, 5) is 13.6. The lowest BCUT2D eigenvalue weighted by Crippen LogP contribution is -2.31. The van der Waals surface area contributed by atoms with Gasteiger partial charge in [-0.3, -0.25) is 4.79 Å². The van der Waals surface area contributed by atoms with E-state index in [0.717, 1.165) is 5.56 Å². The summed E-state index contributed by atoms with van der Waals surface area (Å²) in [5.74, 6) is 2.18. The fraction of sp³-hybridized carbons (Fsp3) is 0.500. The lowest BCUT2D eigenvalue weighted by Gasteiger charge is -2.25. The van der Waals surface area contributed by atoms with Gasteiger partial charge in [0.05, 0.1) is 33.7 Å². The summed E-state index contributed by atoms with van der Waals surface area (Å²) in [6.45, 7) is 0.229. The van der Waals surface area contributed by atoms with Crippen LogP contribution in [0, 0.1) is 0 Å². The monoisotopic (exact) mass is 313 g/mol. The Balaban J connectivity index is 2.44. The van der Waals surface area contributed by atoms with Gasteiger partial charge in [-0.25, -0.2) is 0 Å². The Morgan fingerprint density at radius 2 is 1.81 bits per heavy atom. The predicted octanol–water partition coefficient (Wildman–Crippen LogP) is 1.28. The molecule has 1 amide bonds. The minimum Gasteiger partial charge on any atom is -0.496 e. The van der Waals surface area contributed by atoms with E-state index in [1.807, 2.05) is 6.07 Å². The minimum atomic E-state index is -0.195. The number of carbonyl (C=O) groups excluding carboxylic acids is 1. The number of carbonyl (C=O) groups is 1. The number of ether oxygens (including phenoxy) is 3. The molecule has 0 aromatic heterocycles. The summed E-state index contributed by atoms with van der Waals surface area (Å²) >= 11 is 1.50. The van der Waals surface area contributed by atoms with Crippen molar-refractivity contribution in [3.63, 3.8) is 0 Å². The summed E-state index contributed by atoms with van der Waals surface area (Å²) in [6.07, 6.45) is 0. The topological polar surface area (TPSA) is 68.2 Å². The molecule has 116 valence electrons. The van der Waals surface area contributed by atoms with E-state index >= 15 is 0 Å². The average molecular weight is 313 g/mol. The van der Waals surface area contributed by atoms with Crippen LogP contribution < -0.4 is 14.2 Å². The first-order chi connectivity index (χ1) is 10.2. The van der Waals surface area contributed by atoms with E-state index in [9.17, 15) is 4.79 Å². The van der Waals surface area contributed by atoms with Gasteiger partial charge in [-0.1, -0.05) is 0 Å². The number of hydrogen-bond donors (Lipinski definition) is 1. The maximum absolute atomic E-state index is 11.9. The van der Waals surface area contributed by atoms with Crippen LogP contribution in [0.15, 0.2) is 12.1 Å². The second-order valence-electron chi connectivity index (χ2n) is 4.42. The molecule has 1 fully saturated rings. The molecular formula is C14H19NO5S. The Bertz CT molecular complexity index is 522. The Hall–Kier alpha value is -1.60. The number of β-amino-alcohol motifs (C(OH)–C–C–N with tert-alkyl or cyclic N) is 1. The van der Waals surface area contributed by atoms with Crippen molar-refractivity contribution < 1.29 is 24.1 Å². The van der Waals surface area contributed by atoms with Crippen molar-refractivity contribution >= 4 is 17.7 Å². The first-order valence-corrected chi connectivity index (χ1v) is 7.53. The van der Waals surface area contributed by atoms with Crippen LogP contribution in [0.3, 0.4) is 0 Å². The van der Waals surface area contributed by atoms with Gasteiger partial charge in [0.15, 0.2) is 11.5 Å². The second kappa shape index (κ2) is 6.91. The van der Waals surface area contributed by atoms with Crippen LogP contribution in [0.2, 0.25) is 0 Å². The number of benzene rings is 1. The van der Waals surface area contributed by atoms with Crippen molar-refractivity contribution in [1.29, 1.82) is 0 Å². The van der Waals surface area contributed by atoms with Crippen molar-refractivity contribution in [2.24, 2.45) is 0 Å². The van der Waals surface area contributed by atoms with Crippen LogP contribution in [0.5, 0.6) is 17.2 Å². The molecule has 0 bridgehead atoms. The number of rotatable bonds is 6. The second-order valence-corrected chi connectivity index (χ2v) is 5.49. The van der Waals surface area contributed by atoms with E-state index in [-0.39, 0.29) is 17.9 Å². The van der Waals surface area contributed by atoms with Crippen molar-refractivity contribution in [2.45, 2.75) is 5.37 Å². The van der Waals surface area contributed by atoms with Crippen LogP contribution in [0.4, 0.5) is 0 Å². The highest BCUT2D eigenvalue weighted by Crippen LogP contribution is 2.46. The number of hydrogen-bond acceptors (Lipinski definition) is 6. The van der Waals surface area contributed by atoms with Gasteiger partial charge in [0, 0.05) is 18.2 Å². The first-order valence-electron chi connectivity index (χ1n) is 6.48. The molecule has 2 rings (SSSR count). The highest BCUT2D eigenvalue weighted by Gasteiger charge is 2.34. The Morgan fingerprint density at radius 3 is 2.38 bits per heavy atom. The first kappa shape index (κ1) is 15.8. The van der Waals surface area contributed by atoms with Gasteiger partial charge in [-0.05, 0) is 6.07 Å². The number of thioether (sulfide) groups is 1. The third-order valence-electron chi connectivity index (χ3n) is 3.31. The van der Waals surface area contributed by atoms with Crippen LogP contribution in [-0.4, -0.2) is 56.1 Å². The van der Waals surface area contributed by atoms with Gasteiger partial charge in [0.2, 0.25) is 5.91 Å².